The van der Waals surface area contributed by atoms with Crippen LogP contribution in [0.4, 0.5) is 0 Å². The van der Waals surface area contributed by atoms with Crippen molar-refractivity contribution in [2.24, 2.45) is 5.41 Å². The number of aromatic carboxylic acids is 2. The van der Waals surface area contributed by atoms with Gasteiger partial charge in [0.05, 0.1) is 61.9 Å². The van der Waals surface area contributed by atoms with Crippen molar-refractivity contribution < 1.29 is 78.6 Å². The zero-order chi connectivity index (χ0) is 32.1. The van der Waals surface area contributed by atoms with E-state index < -0.39 is 97.2 Å². The largest absolute Gasteiger partial charge is 0.478 e. The predicted molar refractivity (Wildman–Crippen MR) is 140 cm³/mol. The molecule has 1 aromatic carbocycles. The van der Waals surface area contributed by atoms with Gasteiger partial charge in [-0.25, -0.2) is 29.0 Å². The number of carbonyl (C=O) groups is 5. The molecular weight excluding hydrogens is 568 g/mol. The van der Waals surface area contributed by atoms with E-state index in [2.05, 4.69) is 20.9 Å². The number of hydrogen-bond acceptors (Lipinski definition) is 14. The normalized spacial score (nSPS) is 10.6. The monoisotopic (exact) mass is 604 g/mol. The molecule has 0 aliphatic carbocycles. The zero-order valence-electron chi connectivity index (χ0n) is 23.0. The van der Waals surface area contributed by atoms with Crippen LogP contribution in [-0.4, -0.2) is 120 Å². The lowest BCUT2D eigenvalue weighted by molar-refractivity contribution is -0.287. The Morgan fingerprint density at radius 3 is 1.57 bits per heavy atom. The third-order valence-corrected chi connectivity index (χ3v) is 5.30. The van der Waals surface area contributed by atoms with E-state index in [1.807, 2.05) is 0 Å². The number of aliphatic hydroxyl groups excluding tert-OH is 4. The topological polar surface area (TPSA) is 253 Å². The molecular formula is C26H36O16. The highest BCUT2D eigenvalue weighted by molar-refractivity contribution is 6.09. The van der Waals surface area contributed by atoms with Gasteiger partial charge in [0.2, 0.25) is 0 Å². The Labute approximate surface area is 240 Å². The number of carbonyl (C=O) groups excluding carboxylic acids is 3. The van der Waals surface area contributed by atoms with E-state index in [0.717, 1.165) is 0 Å². The van der Waals surface area contributed by atoms with E-state index in [-0.39, 0.29) is 6.61 Å². The van der Waals surface area contributed by atoms with Gasteiger partial charge in [0, 0.05) is 6.42 Å². The summed E-state index contributed by atoms with van der Waals surface area (Å²) in [6, 6.07) is 1.36. The smallest absolute Gasteiger partial charge is 0.339 e. The van der Waals surface area contributed by atoms with Gasteiger partial charge in [-0.3, -0.25) is 4.79 Å². The SMILES string of the molecule is C=CCOOCCCOC(=O)C(CC)(CO)CO.O=C(O)c1cc(C(=O)OCCO)c(C(=O)O)cc1C(=O)OCCO. The summed E-state index contributed by atoms with van der Waals surface area (Å²) in [6.07, 6.45) is 2.34. The van der Waals surface area contributed by atoms with Crippen LogP contribution >= 0.6 is 0 Å². The highest BCUT2D eigenvalue weighted by Crippen LogP contribution is 2.22. The molecule has 0 unspecified atom stereocenters. The molecule has 0 aliphatic heterocycles. The molecule has 0 heterocycles. The van der Waals surface area contributed by atoms with Crippen LogP contribution in [0.15, 0.2) is 24.8 Å². The highest BCUT2D eigenvalue weighted by Gasteiger charge is 2.37. The summed E-state index contributed by atoms with van der Waals surface area (Å²) in [5, 5.41) is 53.8. The first-order chi connectivity index (χ1) is 20.0. The fraction of sp³-hybridized carbons (Fsp3) is 0.500. The van der Waals surface area contributed by atoms with E-state index in [9.17, 15) is 24.0 Å². The van der Waals surface area contributed by atoms with Gasteiger partial charge in [0.1, 0.15) is 25.2 Å². The summed E-state index contributed by atoms with van der Waals surface area (Å²) in [5.74, 6) is -6.13. The fourth-order valence-electron chi connectivity index (χ4n) is 2.86. The number of benzene rings is 1. The second kappa shape index (κ2) is 20.9. The Bertz CT molecular complexity index is 981. The van der Waals surface area contributed by atoms with Gasteiger partial charge in [0.15, 0.2) is 0 Å². The van der Waals surface area contributed by atoms with Gasteiger partial charge < -0.3 is 44.8 Å². The molecule has 42 heavy (non-hydrogen) atoms. The van der Waals surface area contributed by atoms with E-state index in [4.69, 9.17) is 40.3 Å². The molecule has 0 amide bonds. The molecule has 1 rings (SSSR count). The fourth-order valence-corrected chi connectivity index (χ4v) is 2.86. The van der Waals surface area contributed by atoms with Crippen LogP contribution < -0.4 is 0 Å². The standard InChI is InChI=1S/C14H14O10.C12H22O6/c15-1-3-23-13(21)9-5-8(12(19)20)10(6-7(9)11(17)18)14(22)24-4-2-16;1-3-6-17-18-8-5-7-16-11(15)12(4-2,9-13)10-14/h5-6,15-16H,1-4H2,(H,17,18)(H,19,20);3,13-14H,1,4-10H2,2H3. The molecule has 0 radical (unpaired) electrons. The molecule has 236 valence electrons. The number of ether oxygens (including phenoxy) is 3. The molecule has 0 aliphatic rings. The van der Waals surface area contributed by atoms with Crippen molar-refractivity contribution in [2.75, 3.05) is 59.5 Å². The van der Waals surface area contributed by atoms with Crippen LogP contribution in [0.25, 0.3) is 0 Å². The molecule has 0 saturated heterocycles. The van der Waals surface area contributed by atoms with Crippen molar-refractivity contribution in [1.29, 1.82) is 0 Å². The van der Waals surface area contributed by atoms with E-state index in [1.54, 1.807) is 13.0 Å². The first kappa shape index (κ1) is 38.1. The lowest BCUT2D eigenvalue weighted by atomic mass is 9.87. The Morgan fingerprint density at radius 1 is 0.738 bits per heavy atom. The second-order valence-electron chi connectivity index (χ2n) is 8.11. The summed E-state index contributed by atoms with van der Waals surface area (Å²) in [6.45, 7) is 3.19. The quantitative estimate of drug-likeness (QED) is 0.0299. The van der Waals surface area contributed by atoms with Crippen molar-refractivity contribution in [1.82, 2.24) is 0 Å². The maximum atomic E-state index is 11.8. The maximum absolute atomic E-state index is 11.8. The van der Waals surface area contributed by atoms with Gasteiger partial charge in [-0.05, 0) is 18.6 Å². The third kappa shape index (κ3) is 12.3. The Morgan fingerprint density at radius 2 is 1.21 bits per heavy atom. The van der Waals surface area contributed by atoms with Crippen LogP contribution in [0.3, 0.4) is 0 Å². The summed E-state index contributed by atoms with van der Waals surface area (Å²) >= 11 is 0. The van der Waals surface area contributed by atoms with Gasteiger partial charge >= 0.3 is 29.8 Å². The second-order valence-corrected chi connectivity index (χ2v) is 8.11. The van der Waals surface area contributed by atoms with Crippen molar-refractivity contribution in [3.8, 4) is 0 Å². The first-order valence-corrected chi connectivity index (χ1v) is 12.4. The van der Waals surface area contributed by atoms with Crippen LogP contribution in [0, 0.1) is 5.41 Å². The maximum Gasteiger partial charge on any atom is 0.339 e. The minimum Gasteiger partial charge on any atom is -0.478 e. The van der Waals surface area contributed by atoms with Crippen molar-refractivity contribution in [2.45, 2.75) is 19.8 Å². The van der Waals surface area contributed by atoms with Gasteiger partial charge in [-0.15, -0.1) is 6.58 Å². The predicted octanol–water partition coefficient (Wildman–Crippen LogP) is -0.184. The molecule has 0 spiro atoms. The summed E-state index contributed by atoms with van der Waals surface area (Å²) in [5.41, 5.74) is -3.72. The number of esters is 3. The average Bonchev–Trinajstić information content (AvgIpc) is 2.98. The molecule has 16 nitrogen and oxygen atoms in total. The molecule has 16 heteroatoms. The van der Waals surface area contributed by atoms with E-state index in [1.165, 1.54) is 0 Å². The molecule has 0 fully saturated rings. The van der Waals surface area contributed by atoms with Crippen LogP contribution in [0.5, 0.6) is 0 Å². The van der Waals surface area contributed by atoms with Gasteiger partial charge in [-0.1, -0.05) is 13.0 Å². The minimum absolute atomic E-state index is 0.151. The number of aliphatic hydroxyl groups is 4. The van der Waals surface area contributed by atoms with Crippen molar-refractivity contribution in [3.63, 3.8) is 0 Å². The Hall–Kier alpha value is -3.93. The van der Waals surface area contributed by atoms with Crippen molar-refractivity contribution in [3.05, 3.63) is 47.0 Å². The Kier molecular flexibility index (Phi) is 18.9. The molecule has 0 aromatic heterocycles. The van der Waals surface area contributed by atoms with E-state index >= 15 is 0 Å². The number of carboxylic acids is 2. The lowest BCUT2D eigenvalue weighted by Gasteiger charge is -2.25. The summed E-state index contributed by atoms with van der Waals surface area (Å²) < 4.78 is 14.1. The summed E-state index contributed by atoms with van der Waals surface area (Å²) in [7, 11) is 0. The van der Waals surface area contributed by atoms with Crippen LogP contribution in [-0.2, 0) is 28.8 Å². The summed E-state index contributed by atoms with van der Waals surface area (Å²) in [4.78, 5) is 67.3. The van der Waals surface area contributed by atoms with Crippen LogP contribution in [0.2, 0.25) is 0 Å². The van der Waals surface area contributed by atoms with Gasteiger partial charge in [-0.2, -0.15) is 0 Å². The molecule has 1 aromatic rings. The molecule has 6 N–H and O–H groups in total. The Balaban J connectivity index is 0.000000837. The van der Waals surface area contributed by atoms with Gasteiger partial charge in [0.25, 0.3) is 0 Å². The third-order valence-electron chi connectivity index (χ3n) is 5.30. The number of rotatable bonds is 19. The molecule has 0 bridgehead atoms. The number of hydrogen-bond donors (Lipinski definition) is 6. The van der Waals surface area contributed by atoms with Crippen LogP contribution in [0.1, 0.15) is 61.2 Å². The minimum atomic E-state index is -1.60. The molecule has 0 saturated carbocycles. The lowest BCUT2D eigenvalue weighted by Crippen LogP contribution is -2.39. The zero-order valence-corrected chi connectivity index (χ0v) is 23.0. The average molecular weight is 605 g/mol. The molecule has 0 atom stereocenters. The highest BCUT2D eigenvalue weighted by atomic mass is 17.2. The van der Waals surface area contributed by atoms with E-state index in [0.29, 0.717) is 38.2 Å². The first-order valence-electron chi connectivity index (χ1n) is 12.4. The van der Waals surface area contributed by atoms with Crippen molar-refractivity contribution >= 4 is 29.8 Å². The number of carboxylic acid groups (broad SMARTS) is 2.